The molecule has 0 aromatic heterocycles. The molecule has 18 heavy (non-hydrogen) atoms. The smallest absolute Gasteiger partial charge is 0.338 e. The zero-order valence-electron chi connectivity index (χ0n) is 11.7. The van der Waals surface area contributed by atoms with Gasteiger partial charge in [-0.25, -0.2) is 9.59 Å². The first-order valence-electron chi connectivity index (χ1n) is 6.15. The summed E-state index contributed by atoms with van der Waals surface area (Å²) in [6.07, 6.45) is 2.95. The summed E-state index contributed by atoms with van der Waals surface area (Å²) < 4.78 is 9.77. The molecule has 0 atom stereocenters. The standard InChI is InChI=1S/C14H22O4/c1-6-8-9-10(3)13(15)18-12(7-2)11(4)14(16)17-5/h3,6-9H2,1-2,4-5H3. The first-order valence-corrected chi connectivity index (χ1v) is 6.15. The number of unbranched alkanes of at least 4 members (excludes halogenated alkanes) is 1. The van der Waals surface area contributed by atoms with E-state index >= 15 is 0 Å². The van der Waals surface area contributed by atoms with Crippen molar-refractivity contribution in [2.45, 2.75) is 46.5 Å². The van der Waals surface area contributed by atoms with Gasteiger partial charge in [0.2, 0.25) is 0 Å². The normalized spacial score (nSPS) is 11.6. The fourth-order valence-corrected chi connectivity index (χ4v) is 1.36. The minimum absolute atomic E-state index is 0.316. The molecule has 0 aliphatic heterocycles. The van der Waals surface area contributed by atoms with E-state index < -0.39 is 11.9 Å². The van der Waals surface area contributed by atoms with E-state index in [1.807, 2.05) is 13.8 Å². The van der Waals surface area contributed by atoms with Crippen molar-refractivity contribution in [2.75, 3.05) is 7.11 Å². The molecule has 4 nitrogen and oxygen atoms in total. The lowest BCUT2D eigenvalue weighted by molar-refractivity contribution is -0.137. The molecule has 0 heterocycles. The number of carbonyl (C=O) groups is 2. The van der Waals surface area contributed by atoms with Crippen LogP contribution in [0.1, 0.15) is 46.5 Å². The highest BCUT2D eigenvalue weighted by Crippen LogP contribution is 2.15. The second kappa shape index (κ2) is 8.50. The predicted octanol–water partition coefficient (Wildman–Crippen LogP) is 3.13. The summed E-state index contributed by atoms with van der Waals surface area (Å²) in [5, 5.41) is 0. The number of ether oxygens (including phenoxy) is 2. The van der Waals surface area contributed by atoms with E-state index in [2.05, 4.69) is 11.3 Å². The Balaban J connectivity index is 4.68. The largest absolute Gasteiger partial charge is 0.466 e. The summed E-state index contributed by atoms with van der Waals surface area (Å²) in [6.45, 7) is 9.12. The van der Waals surface area contributed by atoms with Crippen molar-refractivity contribution in [3.8, 4) is 0 Å². The van der Waals surface area contributed by atoms with Crippen LogP contribution in [0.3, 0.4) is 0 Å². The van der Waals surface area contributed by atoms with Crippen LogP contribution in [-0.2, 0) is 19.1 Å². The van der Waals surface area contributed by atoms with Crippen molar-refractivity contribution < 1.29 is 19.1 Å². The molecule has 0 aromatic rings. The van der Waals surface area contributed by atoms with Crippen LogP contribution in [-0.4, -0.2) is 19.0 Å². The summed E-state index contributed by atoms with van der Waals surface area (Å²) in [4.78, 5) is 23.1. The van der Waals surface area contributed by atoms with Crippen molar-refractivity contribution in [3.63, 3.8) is 0 Å². The molecule has 102 valence electrons. The molecule has 0 bridgehead atoms. The summed E-state index contributed by atoms with van der Waals surface area (Å²) in [6, 6.07) is 0. The molecule has 0 radical (unpaired) electrons. The van der Waals surface area contributed by atoms with Gasteiger partial charge in [-0.1, -0.05) is 26.8 Å². The molecular weight excluding hydrogens is 232 g/mol. The van der Waals surface area contributed by atoms with Crippen LogP contribution in [0.25, 0.3) is 0 Å². The highest BCUT2D eigenvalue weighted by atomic mass is 16.5. The van der Waals surface area contributed by atoms with Gasteiger partial charge in [0.05, 0.1) is 12.7 Å². The Kier molecular flexibility index (Phi) is 7.76. The van der Waals surface area contributed by atoms with Gasteiger partial charge >= 0.3 is 11.9 Å². The summed E-state index contributed by atoms with van der Waals surface area (Å²) in [7, 11) is 1.29. The molecule has 0 aliphatic rings. The second-order valence-corrected chi connectivity index (χ2v) is 3.99. The van der Waals surface area contributed by atoms with E-state index in [0.717, 1.165) is 12.8 Å². The molecule has 0 fully saturated rings. The monoisotopic (exact) mass is 254 g/mol. The van der Waals surface area contributed by atoms with Crippen molar-refractivity contribution in [3.05, 3.63) is 23.5 Å². The molecule has 0 rings (SSSR count). The lowest BCUT2D eigenvalue weighted by Crippen LogP contribution is -2.12. The third-order valence-corrected chi connectivity index (χ3v) is 2.57. The van der Waals surface area contributed by atoms with Gasteiger partial charge in [0.15, 0.2) is 0 Å². The number of esters is 2. The van der Waals surface area contributed by atoms with E-state index in [9.17, 15) is 9.59 Å². The average Bonchev–Trinajstić information content (AvgIpc) is 2.39. The van der Waals surface area contributed by atoms with Crippen LogP contribution in [0.4, 0.5) is 0 Å². The van der Waals surface area contributed by atoms with Crippen LogP contribution in [0.2, 0.25) is 0 Å². The van der Waals surface area contributed by atoms with Gasteiger partial charge in [-0.05, 0) is 19.8 Å². The van der Waals surface area contributed by atoms with Crippen LogP contribution < -0.4 is 0 Å². The average molecular weight is 254 g/mol. The molecule has 0 amide bonds. The zero-order chi connectivity index (χ0) is 14.1. The lowest BCUT2D eigenvalue weighted by atomic mass is 10.1. The van der Waals surface area contributed by atoms with Gasteiger partial charge < -0.3 is 9.47 Å². The molecule has 0 aromatic carbocycles. The number of rotatable bonds is 7. The van der Waals surface area contributed by atoms with Gasteiger partial charge in [0.25, 0.3) is 0 Å². The third-order valence-electron chi connectivity index (χ3n) is 2.57. The van der Waals surface area contributed by atoms with Gasteiger partial charge in [0, 0.05) is 12.0 Å². The Labute approximate surface area is 109 Å². The second-order valence-electron chi connectivity index (χ2n) is 3.99. The fraction of sp³-hybridized carbons (Fsp3) is 0.571. The summed E-state index contributed by atoms with van der Waals surface area (Å²) in [5.41, 5.74) is 0.747. The van der Waals surface area contributed by atoms with E-state index in [0.29, 0.717) is 29.7 Å². The van der Waals surface area contributed by atoms with E-state index in [4.69, 9.17) is 4.74 Å². The topological polar surface area (TPSA) is 52.6 Å². The summed E-state index contributed by atoms with van der Waals surface area (Å²) >= 11 is 0. The van der Waals surface area contributed by atoms with Crippen molar-refractivity contribution in [1.29, 1.82) is 0 Å². The van der Waals surface area contributed by atoms with E-state index in [-0.39, 0.29) is 0 Å². The minimum atomic E-state index is -0.487. The number of carbonyl (C=O) groups excluding carboxylic acids is 2. The SMILES string of the molecule is C=C(CCCC)C(=O)OC(CC)=C(C)C(=O)OC. The number of allylic oxidation sites excluding steroid dienone is 1. The highest BCUT2D eigenvalue weighted by Gasteiger charge is 2.16. The van der Waals surface area contributed by atoms with Crippen LogP contribution in [0, 0.1) is 0 Å². The van der Waals surface area contributed by atoms with Gasteiger partial charge in [-0.15, -0.1) is 0 Å². The van der Waals surface area contributed by atoms with Crippen LogP contribution in [0.15, 0.2) is 23.5 Å². The van der Waals surface area contributed by atoms with Crippen molar-refractivity contribution in [1.82, 2.24) is 0 Å². The zero-order valence-corrected chi connectivity index (χ0v) is 11.7. The molecule has 4 heteroatoms. The Morgan fingerprint density at radius 2 is 1.78 bits per heavy atom. The highest BCUT2D eigenvalue weighted by molar-refractivity contribution is 5.91. The fourth-order valence-electron chi connectivity index (χ4n) is 1.36. The molecule has 0 N–H and O–H groups in total. The lowest BCUT2D eigenvalue weighted by Gasteiger charge is -2.11. The Bertz CT molecular complexity index is 353. The Morgan fingerprint density at radius 3 is 2.22 bits per heavy atom. The van der Waals surface area contributed by atoms with Gasteiger partial charge in [-0.2, -0.15) is 0 Å². The molecule has 0 spiro atoms. The van der Waals surface area contributed by atoms with E-state index in [1.165, 1.54) is 7.11 Å². The first-order chi connectivity index (χ1) is 8.47. The molecule has 0 saturated heterocycles. The number of hydrogen-bond acceptors (Lipinski definition) is 4. The predicted molar refractivity (Wildman–Crippen MR) is 69.8 cm³/mol. The maximum Gasteiger partial charge on any atom is 0.338 e. The maximum atomic E-state index is 11.7. The number of hydrogen-bond donors (Lipinski definition) is 0. The van der Waals surface area contributed by atoms with Crippen LogP contribution in [0.5, 0.6) is 0 Å². The van der Waals surface area contributed by atoms with Crippen molar-refractivity contribution in [2.24, 2.45) is 0 Å². The van der Waals surface area contributed by atoms with Crippen LogP contribution >= 0.6 is 0 Å². The van der Waals surface area contributed by atoms with Gasteiger partial charge in [-0.3, -0.25) is 0 Å². The Morgan fingerprint density at radius 1 is 1.17 bits per heavy atom. The Hall–Kier alpha value is -1.58. The molecule has 0 saturated carbocycles. The molecule has 0 unspecified atom stereocenters. The van der Waals surface area contributed by atoms with Gasteiger partial charge in [0.1, 0.15) is 5.76 Å². The van der Waals surface area contributed by atoms with E-state index in [1.54, 1.807) is 6.92 Å². The third kappa shape index (κ3) is 5.17. The molecular formula is C14H22O4. The molecule has 0 aliphatic carbocycles. The quantitative estimate of drug-likeness (QED) is 0.398. The van der Waals surface area contributed by atoms with Crippen molar-refractivity contribution >= 4 is 11.9 Å². The minimum Gasteiger partial charge on any atom is -0.466 e. The number of methoxy groups -OCH3 is 1. The maximum absolute atomic E-state index is 11.7. The first kappa shape index (κ1) is 16.4. The summed E-state index contributed by atoms with van der Waals surface area (Å²) in [5.74, 6) is -0.619.